The maximum atomic E-state index is 13.5. The highest BCUT2D eigenvalue weighted by atomic mass is 19.4. The number of benzene rings is 3. The van der Waals surface area contributed by atoms with Gasteiger partial charge in [-0.3, -0.25) is 0 Å². The van der Waals surface area contributed by atoms with Gasteiger partial charge in [-0.1, -0.05) is 54.6 Å². The lowest BCUT2D eigenvalue weighted by molar-refractivity contribution is -0.200. The van der Waals surface area contributed by atoms with Crippen LogP contribution in [0.15, 0.2) is 78.9 Å². The van der Waals surface area contributed by atoms with E-state index in [1.54, 1.807) is 24.3 Å². The minimum atomic E-state index is -4.87. The van der Waals surface area contributed by atoms with Crippen LogP contribution in [0.5, 0.6) is 0 Å². The maximum absolute atomic E-state index is 13.5. The van der Waals surface area contributed by atoms with E-state index in [0.717, 1.165) is 17.7 Å². The molecule has 4 rings (SSSR count). The Labute approximate surface area is 199 Å². The van der Waals surface area contributed by atoms with Crippen molar-refractivity contribution in [3.63, 3.8) is 0 Å². The fraction of sp³-hybridized carbons (Fsp3) is 0.308. The SMILES string of the molecule is CC(c1ccccc1)N1CC(c2cccc(C(F)(F)F)c2)N(CC(O)C(F)(F)F)c2ccccc21. The van der Waals surface area contributed by atoms with Crippen molar-refractivity contribution in [2.45, 2.75) is 37.5 Å². The molecule has 0 spiro atoms. The van der Waals surface area contributed by atoms with Crippen molar-refractivity contribution in [2.75, 3.05) is 22.9 Å². The molecule has 9 heteroatoms. The Morgan fingerprint density at radius 3 is 2.11 bits per heavy atom. The second-order valence-electron chi connectivity index (χ2n) is 8.58. The van der Waals surface area contributed by atoms with E-state index in [0.29, 0.717) is 11.4 Å². The van der Waals surface area contributed by atoms with Crippen LogP contribution < -0.4 is 9.80 Å². The molecular weight excluding hydrogens is 470 g/mol. The molecule has 3 aromatic carbocycles. The van der Waals surface area contributed by atoms with Gasteiger partial charge in [0.2, 0.25) is 0 Å². The summed E-state index contributed by atoms with van der Waals surface area (Å²) in [5.41, 5.74) is 1.34. The first kappa shape index (κ1) is 24.9. The van der Waals surface area contributed by atoms with Gasteiger partial charge in [0.25, 0.3) is 0 Å². The number of para-hydroxylation sites is 2. The summed E-state index contributed by atoms with van der Waals surface area (Å²) >= 11 is 0. The van der Waals surface area contributed by atoms with E-state index >= 15 is 0 Å². The number of nitrogens with zero attached hydrogens (tertiary/aromatic N) is 2. The van der Waals surface area contributed by atoms with Crippen molar-refractivity contribution in [1.29, 1.82) is 0 Å². The van der Waals surface area contributed by atoms with Crippen LogP contribution in [-0.2, 0) is 6.18 Å². The number of β-amino-alcohol motifs (C(OH)–C–C–N with tert-alkyl or cyclic N) is 1. The highest BCUT2D eigenvalue weighted by Crippen LogP contribution is 2.45. The lowest BCUT2D eigenvalue weighted by Crippen LogP contribution is -2.49. The van der Waals surface area contributed by atoms with Crippen LogP contribution in [0.2, 0.25) is 0 Å². The Morgan fingerprint density at radius 1 is 0.857 bits per heavy atom. The first-order chi connectivity index (χ1) is 16.5. The molecule has 186 valence electrons. The summed E-state index contributed by atoms with van der Waals surface area (Å²) in [6, 6.07) is 19.8. The predicted octanol–water partition coefficient (Wildman–Crippen LogP) is 6.76. The van der Waals surface area contributed by atoms with Gasteiger partial charge in [-0.15, -0.1) is 0 Å². The van der Waals surface area contributed by atoms with Crippen LogP contribution in [0, 0.1) is 0 Å². The highest BCUT2D eigenvalue weighted by Gasteiger charge is 2.43. The van der Waals surface area contributed by atoms with Crippen LogP contribution in [0.4, 0.5) is 37.7 Å². The van der Waals surface area contributed by atoms with E-state index in [-0.39, 0.29) is 18.2 Å². The third kappa shape index (κ3) is 5.24. The van der Waals surface area contributed by atoms with Gasteiger partial charge in [0.15, 0.2) is 6.10 Å². The van der Waals surface area contributed by atoms with Gasteiger partial charge < -0.3 is 14.9 Å². The zero-order chi connectivity index (χ0) is 25.4. The normalized spacial score (nSPS) is 18.2. The number of halogens is 6. The monoisotopic (exact) mass is 494 g/mol. The molecule has 1 N–H and O–H groups in total. The quantitative estimate of drug-likeness (QED) is 0.397. The highest BCUT2D eigenvalue weighted by molar-refractivity contribution is 5.75. The molecule has 0 radical (unpaired) electrons. The molecule has 0 saturated carbocycles. The molecular formula is C26H24F6N2O. The average molecular weight is 494 g/mol. The minimum Gasteiger partial charge on any atom is -0.382 e. The fourth-order valence-electron chi connectivity index (χ4n) is 4.50. The van der Waals surface area contributed by atoms with Crippen molar-refractivity contribution < 1.29 is 31.4 Å². The van der Waals surface area contributed by atoms with Crippen LogP contribution in [-0.4, -0.2) is 30.5 Å². The van der Waals surface area contributed by atoms with E-state index < -0.39 is 36.6 Å². The van der Waals surface area contributed by atoms with E-state index in [4.69, 9.17) is 0 Å². The van der Waals surface area contributed by atoms with Gasteiger partial charge in [0.1, 0.15) is 0 Å². The largest absolute Gasteiger partial charge is 0.416 e. The van der Waals surface area contributed by atoms with Crippen molar-refractivity contribution in [1.82, 2.24) is 0 Å². The molecule has 3 nitrogen and oxygen atoms in total. The topological polar surface area (TPSA) is 26.7 Å². The molecule has 3 unspecified atom stereocenters. The number of rotatable bonds is 5. The number of hydrogen-bond donors (Lipinski definition) is 1. The average Bonchev–Trinajstić information content (AvgIpc) is 2.83. The molecule has 1 heterocycles. The van der Waals surface area contributed by atoms with Crippen LogP contribution in [0.1, 0.15) is 35.7 Å². The number of fused-ring (bicyclic) bond motifs is 1. The van der Waals surface area contributed by atoms with E-state index in [9.17, 15) is 31.4 Å². The number of aliphatic hydroxyl groups excluding tert-OH is 1. The summed E-state index contributed by atoms with van der Waals surface area (Å²) in [5, 5.41) is 9.90. The first-order valence-corrected chi connectivity index (χ1v) is 11.1. The third-order valence-corrected chi connectivity index (χ3v) is 6.34. The molecule has 0 amide bonds. The van der Waals surface area contributed by atoms with E-state index in [2.05, 4.69) is 0 Å². The second kappa shape index (κ2) is 9.45. The molecule has 0 saturated heterocycles. The van der Waals surface area contributed by atoms with Gasteiger partial charge in [-0.25, -0.2) is 0 Å². The summed E-state index contributed by atoms with van der Waals surface area (Å²) in [7, 11) is 0. The van der Waals surface area contributed by atoms with Gasteiger partial charge in [0, 0.05) is 6.54 Å². The van der Waals surface area contributed by atoms with Gasteiger partial charge >= 0.3 is 12.4 Å². The number of hydrogen-bond acceptors (Lipinski definition) is 3. The summed E-state index contributed by atoms with van der Waals surface area (Å²) in [6.45, 7) is 1.25. The Balaban J connectivity index is 1.83. The number of aliphatic hydroxyl groups is 1. The van der Waals surface area contributed by atoms with Crippen molar-refractivity contribution in [3.8, 4) is 0 Å². The number of anilines is 2. The molecule has 35 heavy (non-hydrogen) atoms. The standard InChI is InChI=1S/C26H24F6N2O/c1-17(18-8-3-2-4-9-18)33-15-23(19-10-7-11-20(14-19)25(27,28)29)34(16-24(35)26(30,31)32)22-13-6-5-12-21(22)33/h2-14,17,23-24,35H,15-16H2,1H3. The second-order valence-corrected chi connectivity index (χ2v) is 8.58. The Kier molecular flexibility index (Phi) is 6.73. The smallest absolute Gasteiger partial charge is 0.382 e. The van der Waals surface area contributed by atoms with E-state index in [1.807, 2.05) is 42.2 Å². The zero-order valence-corrected chi connectivity index (χ0v) is 18.8. The molecule has 0 fully saturated rings. The molecule has 1 aliphatic heterocycles. The molecule has 0 bridgehead atoms. The Morgan fingerprint density at radius 2 is 1.49 bits per heavy atom. The number of alkyl halides is 6. The predicted molar refractivity (Wildman–Crippen MR) is 122 cm³/mol. The molecule has 3 atom stereocenters. The van der Waals surface area contributed by atoms with Crippen molar-refractivity contribution >= 4 is 11.4 Å². The minimum absolute atomic E-state index is 0.124. The van der Waals surface area contributed by atoms with E-state index in [1.165, 1.54) is 17.0 Å². The van der Waals surface area contributed by atoms with Crippen LogP contribution >= 0.6 is 0 Å². The summed E-state index contributed by atoms with van der Waals surface area (Å²) < 4.78 is 80.3. The lowest BCUT2D eigenvalue weighted by atomic mass is 9.95. The van der Waals surface area contributed by atoms with Gasteiger partial charge in [-0.05, 0) is 42.3 Å². The Bertz CT molecular complexity index is 1150. The van der Waals surface area contributed by atoms with Crippen molar-refractivity contribution in [2.24, 2.45) is 0 Å². The van der Waals surface area contributed by atoms with Gasteiger partial charge in [0.05, 0.1) is 35.6 Å². The van der Waals surface area contributed by atoms with Crippen LogP contribution in [0.3, 0.4) is 0 Å². The summed E-state index contributed by atoms with van der Waals surface area (Å²) in [6.07, 6.45) is -12.1. The van der Waals surface area contributed by atoms with Crippen LogP contribution in [0.25, 0.3) is 0 Å². The summed E-state index contributed by atoms with van der Waals surface area (Å²) in [5.74, 6) is 0. The maximum Gasteiger partial charge on any atom is 0.416 e. The molecule has 3 aromatic rings. The summed E-state index contributed by atoms with van der Waals surface area (Å²) in [4.78, 5) is 3.34. The molecule has 1 aliphatic rings. The fourth-order valence-corrected chi connectivity index (χ4v) is 4.50. The molecule has 0 aliphatic carbocycles. The van der Waals surface area contributed by atoms with Crippen molar-refractivity contribution in [3.05, 3.63) is 95.6 Å². The lowest BCUT2D eigenvalue weighted by Gasteiger charge is -2.47. The molecule has 0 aromatic heterocycles. The third-order valence-electron chi connectivity index (χ3n) is 6.34. The zero-order valence-electron chi connectivity index (χ0n) is 18.8. The first-order valence-electron chi connectivity index (χ1n) is 11.1. The Hall–Kier alpha value is -3.20. The van der Waals surface area contributed by atoms with Gasteiger partial charge in [-0.2, -0.15) is 26.3 Å².